The first-order valence-corrected chi connectivity index (χ1v) is 7.72. The predicted molar refractivity (Wildman–Crippen MR) is 77.7 cm³/mol. The quantitative estimate of drug-likeness (QED) is 0.920. The Morgan fingerprint density at radius 1 is 1.05 bits per heavy atom. The van der Waals surface area contributed by atoms with Crippen LogP contribution in [0.1, 0.15) is 55.4 Å². The van der Waals surface area contributed by atoms with Crippen molar-refractivity contribution in [1.29, 1.82) is 0 Å². The van der Waals surface area contributed by atoms with Crippen molar-refractivity contribution in [3.05, 3.63) is 17.8 Å². The second kappa shape index (κ2) is 6.20. The Kier molecular flexibility index (Phi) is 4.14. The summed E-state index contributed by atoms with van der Waals surface area (Å²) in [5.41, 5.74) is 0.462. The van der Waals surface area contributed by atoms with Crippen LogP contribution in [-0.4, -0.2) is 40.1 Å². The summed E-state index contributed by atoms with van der Waals surface area (Å²) in [7, 11) is 0. The second-order valence-corrected chi connectivity index (χ2v) is 5.78. The van der Waals surface area contributed by atoms with Crippen molar-refractivity contribution in [2.75, 3.05) is 18.4 Å². The summed E-state index contributed by atoms with van der Waals surface area (Å²) in [5, 5.41) is 11.6. The Morgan fingerprint density at radius 2 is 1.80 bits per heavy atom. The third kappa shape index (κ3) is 3.08. The summed E-state index contributed by atoms with van der Waals surface area (Å²) in [4.78, 5) is 14.1. The Bertz CT molecular complexity index is 447. The van der Waals surface area contributed by atoms with E-state index in [2.05, 4.69) is 15.5 Å². The van der Waals surface area contributed by atoms with Crippen molar-refractivity contribution in [1.82, 2.24) is 15.1 Å². The number of amides is 1. The van der Waals surface area contributed by atoms with Gasteiger partial charge in [0.15, 0.2) is 5.69 Å². The van der Waals surface area contributed by atoms with Crippen LogP contribution in [0, 0.1) is 0 Å². The van der Waals surface area contributed by atoms with Crippen LogP contribution in [-0.2, 0) is 0 Å². The average molecular weight is 274 g/mol. The standard InChI is InChI=1S/C15H22N4O/c20-15(19-10-4-1-5-11-19)13-8-9-14(18-17-13)16-12-6-2-3-7-12/h8-9,12H,1-7,10-11H2,(H,16,18). The van der Waals surface area contributed by atoms with E-state index in [1.54, 1.807) is 6.07 Å². The molecule has 3 rings (SSSR count). The van der Waals surface area contributed by atoms with E-state index in [-0.39, 0.29) is 5.91 Å². The number of aromatic nitrogens is 2. The highest BCUT2D eigenvalue weighted by molar-refractivity contribution is 5.92. The molecule has 1 saturated heterocycles. The highest BCUT2D eigenvalue weighted by atomic mass is 16.2. The maximum absolute atomic E-state index is 12.3. The van der Waals surface area contributed by atoms with Crippen molar-refractivity contribution >= 4 is 11.7 Å². The molecule has 1 aromatic rings. The van der Waals surface area contributed by atoms with Gasteiger partial charge in [0.1, 0.15) is 5.82 Å². The summed E-state index contributed by atoms with van der Waals surface area (Å²) >= 11 is 0. The molecule has 0 spiro atoms. The normalized spacial score (nSPS) is 20.1. The van der Waals surface area contributed by atoms with Gasteiger partial charge in [-0.05, 0) is 44.2 Å². The highest BCUT2D eigenvalue weighted by Crippen LogP contribution is 2.21. The van der Waals surface area contributed by atoms with E-state index in [4.69, 9.17) is 0 Å². The van der Waals surface area contributed by atoms with Crippen LogP contribution in [0.2, 0.25) is 0 Å². The smallest absolute Gasteiger partial charge is 0.274 e. The summed E-state index contributed by atoms with van der Waals surface area (Å²) in [5.74, 6) is 0.803. The van der Waals surface area contributed by atoms with E-state index < -0.39 is 0 Å². The van der Waals surface area contributed by atoms with Crippen molar-refractivity contribution in [2.24, 2.45) is 0 Å². The minimum atomic E-state index is 0.0182. The van der Waals surface area contributed by atoms with Crippen LogP contribution >= 0.6 is 0 Å². The lowest BCUT2D eigenvalue weighted by molar-refractivity contribution is 0.0717. The van der Waals surface area contributed by atoms with Gasteiger partial charge in [-0.2, -0.15) is 0 Å². The predicted octanol–water partition coefficient (Wildman–Crippen LogP) is 2.46. The Hall–Kier alpha value is -1.65. The van der Waals surface area contributed by atoms with Gasteiger partial charge in [-0.15, -0.1) is 10.2 Å². The zero-order valence-corrected chi connectivity index (χ0v) is 11.8. The molecule has 2 fully saturated rings. The van der Waals surface area contributed by atoms with Crippen molar-refractivity contribution < 1.29 is 4.79 Å². The maximum Gasteiger partial charge on any atom is 0.274 e. The zero-order chi connectivity index (χ0) is 13.8. The van der Waals surface area contributed by atoms with Crippen LogP contribution in [0.25, 0.3) is 0 Å². The highest BCUT2D eigenvalue weighted by Gasteiger charge is 2.20. The summed E-state index contributed by atoms with van der Waals surface area (Å²) in [6.07, 6.45) is 8.40. The number of hydrogen-bond acceptors (Lipinski definition) is 4. The lowest BCUT2D eigenvalue weighted by Gasteiger charge is -2.26. The van der Waals surface area contributed by atoms with Crippen molar-refractivity contribution in [2.45, 2.75) is 51.0 Å². The SMILES string of the molecule is O=C(c1ccc(NC2CCCC2)nn1)N1CCCCC1. The lowest BCUT2D eigenvalue weighted by Crippen LogP contribution is -2.36. The summed E-state index contributed by atoms with van der Waals surface area (Å²) < 4.78 is 0. The minimum absolute atomic E-state index is 0.0182. The zero-order valence-electron chi connectivity index (χ0n) is 11.8. The van der Waals surface area contributed by atoms with Gasteiger partial charge in [0, 0.05) is 19.1 Å². The molecule has 0 aromatic carbocycles. The Labute approximate surface area is 119 Å². The molecule has 0 radical (unpaired) electrons. The number of rotatable bonds is 3. The fourth-order valence-corrected chi connectivity index (χ4v) is 3.06. The van der Waals surface area contributed by atoms with Gasteiger partial charge < -0.3 is 10.2 Å². The fourth-order valence-electron chi connectivity index (χ4n) is 3.06. The molecule has 0 unspecified atom stereocenters. The maximum atomic E-state index is 12.3. The molecule has 1 saturated carbocycles. The molecule has 0 atom stereocenters. The van der Waals surface area contributed by atoms with E-state index in [1.807, 2.05) is 11.0 Å². The van der Waals surface area contributed by atoms with Crippen LogP contribution in [0.15, 0.2) is 12.1 Å². The molecule has 5 nitrogen and oxygen atoms in total. The Morgan fingerprint density at radius 3 is 2.45 bits per heavy atom. The molecule has 20 heavy (non-hydrogen) atoms. The third-order valence-electron chi connectivity index (χ3n) is 4.23. The summed E-state index contributed by atoms with van der Waals surface area (Å²) in [6.45, 7) is 1.70. The fraction of sp³-hybridized carbons (Fsp3) is 0.667. The minimum Gasteiger partial charge on any atom is -0.366 e. The summed E-state index contributed by atoms with van der Waals surface area (Å²) in [6, 6.07) is 4.19. The molecular weight excluding hydrogens is 252 g/mol. The number of nitrogens with zero attached hydrogens (tertiary/aromatic N) is 3. The first-order valence-electron chi connectivity index (χ1n) is 7.72. The van der Waals surface area contributed by atoms with Gasteiger partial charge >= 0.3 is 0 Å². The molecule has 2 aliphatic rings. The lowest BCUT2D eigenvalue weighted by atomic mass is 10.1. The first kappa shape index (κ1) is 13.3. The van der Waals surface area contributed by atoms with Crippen molar-refractivity contribution in [3.8, 4) is 0 Å². The van der Waals surface area contributed by atoms with Gasteiger partial charge in [-0.3, -0.25) is 4.79 Å². The monoisotopic (exact) mass is 274 g/mol. The van der Waals surface area contributed by atoms with Gasteiger partial charge in [0.25, 0.3) is 5.91 Å². The molecule has 1 aromatic heterocycles. The first-order chi connectivity index (χ1) is 9.83. The molecule has 1 aliphatic carbocycles. The van der Waals surface area contributed by atoms with Crippen LogP contribution < -0.4 is 5.32 Å². The molecule has 108 valence electrons. The van der Waals surface area contributed by atoms with Crippen LogP contribution in [0.4, 0.5) is 5.82 Å². The number of nitrogens with one attached hydrogen (secondary N) is 1. The van der Waals surface area contributed by atoms with E-state index in [0.29, 0.717) is 11.7 Å². The number of anilines is 1. The van der Waals surface area contributed by atoms with E-state index >= 15 is 0 Å². The number of likely N-dealkylation sites (tertiary alicyclic amines) is 1. The average Bonchev–Trinajstić information content (AvgIpc) is 3.01. The molecule has 1 N–H and O–H groups in total. The third-order valence-corrected chi connectivity index (χ3v) is 4.23. The molecule has 5 heteroatoms. The number of carbonyl (C=O) groups is 1. The van der Waals surface area contributed by atoms with Crippen LogP contribution in [0.3, 0.4) is 0 Å². The van der Waals surface area contributed by atoms with Gasteiger partial charge in [-0.1, -0.05) is 12.8 Å². The molecule has 1 amide bonds. The van der Waals surface area contributed by atoms with E-state index in [9.17, 15) is 4.79 Å². The van der Waals surface area contributed by atoms with Gasteiger partial charge in [0.05, 0.1) is 0 Å². The van der Waals surface area contributed by atoms with Crippen LogP contribution in [0.5, 0.6) is 0 Å². The number of carbonyl (C=O) groups excluding carboxylic acids is 1. The Balaban J connectivity index is 1.61. The second-order valence-electron chi connectivity index (χ2n) is 5.78. The molecular formula is C15H22N4O. The van der Waals surface area contributed by atoms with Gasteiger partial charge in [-0.25, -0.2) is 0 Å². The van der Waals surface area contributed by atoms with E-state index in [0.717, 1.165) is 31.7 Å². The largest absolute Gasteiger partial charge is 0.366 e. The number of hydrogen-bond donors (Lipinski definition) is 1. The number of piperidine rings is 1. The molecule has 2 heterocycles. The van der Waals surface area contributed by atoms with E-state index in [1.165, 1.54) is 32.1 Å². The molecule has 1 aliphatic heterocycles. The van der Waals surface area contributed by atoms with Gasteiger partial charge in [0.2, 0.25) is 0 Å². The van der Waals surface area contributed by atoms with Crippen molar-refractivity contribution in [3.63, 3.8) is 0 Å². The molecule has 0 bridgehead atoms. The topological polar surface area (TPSA) is 58.1 Å².